The first-order valence-corrected chi connectivity index (χ1v) is 5.75. The highest BCUT2D eigenvalue weighted by Gasteiger charge is 2.21. The Bertz CT molecular complexity index is 499. The number of benzene rings is 1. The van der Waals surface area contributed by atoms with Crippen molar-refractivity contribution in [3.63, 3.8) is 0 Å². The highest BCUT2D eigenvalue weighted by Crippen LogP contribution is 2.09. The average molecular weight is 264 g/mol. The van der Waals surface area contributed by atoms with Crippen LogP contribution in [0.2, 0.25) is 0 Å². The lowest BCUT2D eigenvalue weighted by molar-refractivity contribution is -0.127. The lowest BCUT2D eigenvalue weighted by Crippen LogP contribution is -2.43. The minimum Gasteiger partial charge on any atom is -0.449 e. The van der Waals surface area contributed by atoms with Gasteiger partial charge in [-0.3, -0.25) is 10.1 Å². The molecule has 1 rings (SSSR count). The molecule has 0 aliphatic heterocycles. The van der Waals surface area contributed by atoms with E-state index < -0.39 is 24.0 Å². The van der Waals surface area contributed by atoms with Gasteiger partial charge in [0.1, 0.15) is 0 Å². The molecule has 102 valence electrons. The van der Waals surface area contributed by atoms with Crippen LogP contribution in [-0.2, 0) is 9.53 Å². The van der Waals surface area contributed by atoms with Crippen LogP contribution in [0.1, 0.15) is 22.8 Å². The van der Waals surface area contributed by atoms with E-state index in [1.807, 2.05) is 5.32 Å². The minimum atomic E-state index is -1.05. The molecular formula is C13H16N2O4. The summed E-state index contributed by atoms with van der Waals surface area (Å²) in [5, 5.41) is 4.27. The quantitative estimate of drug-likeness (QED) is 0.797. The molecule has 2 N–H and O–H groups in total. The summed E-state index contributed by atoms with van der Waals surface area (Å²) in [5.41, 5.74) is 1.15. The fourth-order valence-corrected chi connectivity index (χ4v) is 1.36. The van der Waals surface area contributed by atoms with Gasteiger partial charge in [0.15, 0.2) is 6.10 Å². The monoisotopic (exact) mass is 264 g/mol. The summed E-state index contributed by atoms with van der Waals surface area (Å²) in [6.45, 7) is 3.17. The number of carbonyl (C=O) groups is 3. The summed E-state index contributed by atoms with van der Waals surface area (Å²) >= 11 is 0. The maximum atomic E-state index is 11.8. The Morgan fingerprint density at radius 1 is 1.21 bits per heavy atom. The van der Waals surface area contributed by atoms with Gasteiger partial charge in [-0.1, -0.05) is 18.2 Å². The molecule has 0 heterocycles. The molecule has 0 fully saturated rings. The first-order valence-electron chi connectivity index (χ1n) is 5.75. The fourth-order valence-electron chi connectivity index (χ4n) is 1.36. The van der Waals surface area contributed by atoms with Crippen molar-refractivity contribution in [3.8, 4) is 0 Å². The van der Waals surface area contributed by atoms with E-state index in [2.05, 4.69) is 5.32 Å². The Kier molecular flexibility index (Phi) is 5.05. The fraction of sp³-hybridized carbons (Fsp3) is 0.308. The highest BCUT2D eigenvalue weighted by atomic mass is 16.5. The number of hydrogen-bond donors (Lipinski definition) is 2. The van der Waals surface area contributed by atoms with Gasteiger partial charge >= 0.3 is 12.0 Å². The number of urea groups is 1. The van der Waals surface area contributed by atoms with Crippen molar-refractivity contribution in [1.82, 2.24) is 10.6 Å². The maximum absolute atomic E-state index is 11.8. The molecule has 3 amide bonds. The van der Waals surface area contributed by atoms with E-state index in [0.717, 1.165) is 5.56 Å². The maximum Gasteiger partial charge on any atom is 0.339 e. The van der Waals surface area contributed by atoms with Crippen molar-refractivity contribution in [2.24, 2.45) is 0 Å². The van der Waals surface area contributed by atoms with Gasteiger partial charge in [0.25, 0.3) is 5.91 Å². The van der Waals surface area contributed by atoms with Gasteiger partial charge < -0.3 is 10.1 Å². The van der Waals surface area contributed by atoms with Crippen molar-refractivity contribution in [2.45, 2.75) is 20.0 Å². The Hall–Kier alpha value is -2.37. The van der Waals surface area contributed by atoms with Crippen LogP contribution >= 0.6 is 0 Å². The molecule has 6 nitrogen and oxygen atoms in total. The SMILES string of the molecule is CNC(=O)NC(=O)C(C)OC(=O)c1ccccc1C. The number of imide groups is 1. The third-order valence-electron chi connectivity index (χ3n) is 2.48. The molecule has 0 saturated heterocycles. The average Bonchev–Trinajstić information content (AvgIpc) is 2.38. The minimum absolute atomic E-state index is 0.391. The summed E-state index contributed by atoms with van der Waals surface area (Å²) in [7, 11) is 1.38. The van der Waals surface area contributed by atoms with E-state index >= 15 is 0 Å². The van der Waals surface area contributed by atoms with Gasteiger partial charge in [-0.05, 0) is 25.5 Å². The number of ether oxygens (including phenoxy) is 1. The summed E-state index contributed by atoms with van der Waals surface area (Å²) in [6.07, 6.45) is -1.05. The predicted octanol–water partition coefficient (Wildman–Crippen LogP) is 0.996. The van der Waals surface area contributed by atoms with E-state index in [4.69, 9.17) is 4.74 Å². The molecular weight excluding hydrogens is 248 g/mol. The largest absolute Gasteiger partial charge is 0.449 e. The second-order valence-electron chi connectivity index (χ2n) is 3.93. The van der Waals surface area contributed by atoms with E-state index in [-0.39, 0.29) is 0 Å². The number of esters is 1. The van der Waals surface area contributed by atoms with Crippen LogP contribution in [0.15, 0.2) is 24.3 Å². The van der Waals surface area contributed by atoms with E-state index in [0.29, 0.717) is 5.56 Å². The number of hydrogen-bond acceptors (Lipinski definition) is 4. The summed E-state index contributed by atoms with van der Waals surface area (Å²) in [4.78, 5) is 34.3. The number of rotatable bonds is 3. The smallest absolute Gasteiger partial charge is 0.339 e. The number of nitrogens with one attached hydrogen (secondary N) is 2. The Morgan fingerprint density at radius 3 is 2.42 bits per heavy atom. The molecule has 0 aromatic heterocycles. The van der Waals surface area contributed by atoms with E-state index in [9.17, 15) is 14.4 Å². The second-order valence-corrected chi connectivity index (χ2v) is 3.93. The molecule has 1 unspecified atom stereocenters. The summed E-state index contributed by atoms with van der Waals surface area (Å²) < 4.78 is 4.99. The van der Waals surface area contributed by atoms with Gasteiger partial charge in [0.2, 0.25) is 0 Å². The predicted molar refractivity (Wildman–Crippen MR) is 68.7 cm³/mol. The van der Waals surface area contributed by atoms with Crippen LogP contribution in [-0.4, -0.2) is 31.1 Å². The third-order valence-corrected chi connectivity index (χ3v) is 2.48. The number of carbonyl (C=O) groups excluding carboxylic acids is 3. The van der Waals surface area contributed by atoms with Crippen molar-refractivity contribution < 1.29 is 19.1 Å². The van der Waals surface area contributed by atoms with Gasteiger partial charge in [0.05, 0.1) is 5.56 Å². The zero-order valence-corrected chi connectivity index (χ0v) is 11.0. The number of amides is 3. The van der Waals surface area contributed by atoms with Gasteiger partial charge in [-0.2, -0.15) is 0 Å². The van der Waals surface area contributed by atoms with Crippen molar-refractivity contribution >= 4 is 17.9 Å². The highest BCUT2D eigenvalue weighted by molar-refractivity contribution is 5.98. The third kappa shape index (κ3) is 4.09. The molecule has 0 aliphatic carbocycles. The first-order chi connectivity index (χ1) is 8.95. The van der Waals surface area contributed by atoms with Crippen LogP contribution < -0.4 is 10.6 Å². The van der Waals surface area contributed by atoms with Crippen LogP contribution in [0.25, 0.3) is 0 Å². The normalized spacial score (nSPS) is 11.3. The molecule has 6 heteroatoms. The van der Waals surface area contributed by atoms with Crippen molar-refractivity contribution in [3.05, 3.63) is 35.4 Å². The molecule has 0 radical (unpaired) electrons. The van der Waals surface area contributed by atoms with E-state index in [1.165, 1.54) is 14.0 Å². The Balaban J connectivity index is 2.64. The van der Waals surface area contributed by atoms with Crippen molar-refractivity contribution in [2.75, 3.05) is 7.05 Å². The molecule has 1 atom stereocenters. The summed E-state index contributed by atoms with van der Waals surface area (Å²) in [5.74, 6) is -1.28. The molecule has 0 bridgehead atoms. The van der Waals surface area contributed by atoms with Crippen LogP contribution in [0.4, 0.5) is 4.79 Å². The van der Waals surface area contributed by atoms with Gasteiger partial charge in [-0.25, -0.2) is 9.59 Å². The Labute approximate surface area is 111 Å². The topological polar surface area (TPSA) is 84.5 Å². The zero-order valence-electron chi connectivity index (χ0n) is 11.0. The summed E-state index contributed by atoms with van der Waals surface area (Å²) in [6, 6.07) is 6.24. The zero-order chi connectivity index (χ0) is 14.4. The lowest BCUT2D eigenvalue weighted by atomic mass is 10.1. The van der Waals surface area contributed by atoms with Gasteiger partial charge in [0, 0.05) is 7.05 Å². The van der Waals surface area contributed by atoms with Crippen LogP contribution in [0.3, 0.4) is 0 Å². The molecule has 0 aliphatic rings. The molecule has 0 spiro atoms. The molecule has 1 aromatic rings. The molecule has 1 aromatic carbocycles. The van der Waals surface area contributed by atoms with Crippen LogP contribution in [0.5, 0.6) is 0 Å². The standard InChI is InChI=1S/C13H16N2O4/c1-8-6-4-5-7-10(8)12(17)19-9(2)11(16)15-13(18)14-3/h4-7,9H,1-3H3,(H2,14,15,16,18). The van der Waals surface area contributed by atoms with Crippen molar-refractivity contribution in [1.29, 1.82) is 0 Å². The van der Waals surface area contributed by atoms with E-state index in [1.54, 1.807) is 31.2 Å². The second kappa shape index (κ2) is 6.53. The first kappa shape index (κ1) is 14.7. The Morgan fingerprint density at radius 2 is 1.84 bits per heavy atom. The molecule has 19 heavy (non-hydrogen) atoms. The number of aryl methyl sites for hydroxylation is 1. The van der Waals surface area contributed by atoms with Gasteiger partial charge in [-0.15, -0.1) is 0 Å². The molecule has 0 saturated carbocycles. The lowest BCUT2D eigenvalue weighted by Gasteiger charge is -2.13. The van der Waals surface area contributed by atoms with Crippen LogP contribution in [0, 0.1) is 6.92 Å².